The molecule has 0 fully saturated rings. The second kappa shape index (κ2) is 6.06. The van der Waals surface area contributed by atoms with Crippen LogP contribution >= 0.6 is 0 Å². The van der Waals surface area contributed by atoms with Gasteiger partial charge >= 0.3 is 0 Å². The lowest BCUT2D eigenvalue weighted by Crippen LogP contribution is -2.15. The normalized spacial score (nSPS) is 12.1. The number of rotatable bonds is 2. The molecule has 4 heteroatoms. The van der Waals surface area contributed by atoms with Gasteiger partial charge in [0.25, 0.3) is 0 Å². The Bertz CT molecular complexity index is 1540. The van der Waals surface area contributed by atoms with Crippen molar-refractivity contribution < 1.29 is 0 Å². The third kappa shape index (κ3) is 2.26. The van der Waals surface area contributed by atoms with Crippen LogP contribution in [0.25, 0.3) is 54.9 Å². The van der Waals surface area contributed by atoms with Crippen molar-refractivity contribution >= 4 is 52.6 Å². The number of benzene rings is 3. The van der Waals surface area contributed by atoms with E-state index >= 15 is 0 Å². The van der Waals surface area contributed by atoms with Crippen molar-refractivity contribution in [3.63, 3.8) is 0 Å². The maximum atomic E-state index is 4.86. The number of hydrogen-bond donors (Lipinski definition) is 1. The highest BCUT2D eigenvalue weighted by molar-refractivity contribution is 6.57. The molecule has 3 aromatic heterocycles. The molecule has 29 heavy (non-hydrogen) atoms. The topological polar surface area (TPSA) is 33.6 Å². The van der Waals surface area contributed by atoms with Gasteiger partial charge in [-0.15, -0.1) is 0 Å². The van der Waals surface area contributed by atoms with Crippen LogP contribution in [-0.4, -0.2) is 23.2 Å². The second-order valence-electron chi connectivity index (χ2n) is 7.75. The van der Waals surface area contributed by atoms with Crippen LogP contribution in [0.5, 0.6) is 0 Å². The Morgan fingerprint density at radius 1 is 0.759 bits per heavy atom. The Morgan fingerprint density at radius 2 is 1.52 bits per heavy atom. The fraction of sp³-hybridized carbons (Fsp3) is 0.0800. The monoisotopic (exact) mass is 390 g/mol. The Balaban J connectivity index is 1.80. The number of nitrogens with zero attached hydrogens (tertiary/aromatic N) is 2. The molecule has 1 N–H and O–H groups in total. The van der Waals surface area contributed by atoms with Gasteiger partial charge in [0.15, 0.2) is 8.96 Å². The zero-order valence-corrected chi connectivity index (χ0v) is 17.4. The van der Waals surface area contributed by atoms with Crippen molar-refractivity contribution in [3.8, 4) is 11.3 Å². The molecule has 6 aromatic rings. The first-order valence-electron chi connectivity index (χ1n) is 9.92. The maximum Gasteiger partial charge on any atom is 0.169 e. The zero-order chi connectivity index (χ0) is 19.5. The minimum Gasteiger partial charge on any atom is -0.368 e. The van der Waals surface area contributed by atoms with E-state index in [1.54, 1.807) is 0 Å². The van der Waals surface area contributed by atoms with Gasteiger partial charge in [0.05, 0.1) is 16.7 Å². The van der Waals surface area contributed by atoms with Crippen LogP contribution in [0.15, 0.2) is 79.0 Å². The molecular weight excluding hydrogens is 370 g/mol. The van der Waals surface area contributed by atoms with Crippen LogP contribution in [0.4, 0.5) is 0 Å². The van der Waals surface area contributed by atoms with E-state index in [0.717, 1.165) is 16.7 Å². The number of para-hydroxylation sites is 3. The van der Waals surface area contributed by atoms with Gasteiger partial charge in [0.2, 0.25) is 0 Å². The van der Waals surface area contributed by atoms with Crippen LogP contribution in [0, 0.1) is 0 Å². The van der Waals surface area contributed by atoms with Crippen LogP contribution in [0.2, 0.25) is 13.1 Å². The predicted molar refractivity (Wildman–Crippen MR) is 125 cm³/mol. The Hall–Kier alpha value is -3.37. The molecule has 0 amide bonds. The molecule has 139 valence electrons. The molecule has 3 nitrogen and oxygen atoms in total. The fourth-order valence-electron chi connectivity index (χ4n) is 4.65. The predicted octanol–water partition coefficient (Wildman–Crippen LogP) is 6.59. The molecule has 0 unspecified atom stereocenters. The zero-order valence-electron chi connectivity index (χ0n) is 16.4. The second-order valence-corrected chi connectivity index (χ2v) is 10.1. The lowest BCUT2D eigenvalue weighted by atomic mass is 10.0. The van der Waals surface area contributed by atoms with E-state index in [2.05, 4.69) is 95.1 Å². The van der Waals surface area contributed by atoms with Gasteiger partial charge in [-0.3, -0.25) is 4.98 Å². The van der Waals surface area contributed by atoms with E-state index in [-0.39, 0.29) is 0 Å². The van der Waals surface area contributed by atoms with E-state index in [1.165, 1.54) is 38.1 Å². The molecule has 3 heterocycles. The van der Waals surface area contributed by atoms with Crippen molar-refractivity contribution in [2.24, 2.45) is 0 Å². The number of hydrogen-bond acceptors (Lipinski definition) is 1. The minimum atomic E-state index is -0.747. The number of pyridine rings is 1. The molecule has 0 aliphatic heterocycles. The van der Waals surface area contributed by atoms with E-state index in [0.29, 0.717) is 0 Å². The van der Waals surface area contributed by atoms with Crippen molar-refractivity contribution in [2.45, 2.75) is 13.1 Å². The highest BCUT2D eigenvalue weighted by Crippen LogP contribution is 2.38. The summed E-state index contributed by atoms with van der Waals surface area (Å²) in [6.45, 7) is 4.70. The smallest absolute Gasteiger partial charge is 0.169 e. The number of H-pyrrole nitrogens is 1. The summed E-state index contributed by atoms with van der Waals surface area (Å²) >= 11 is 0. The summed E-state index contributed by atoms with van der Waals surface area (Å²) in [7, 11) is -0.747. The lowest BCUT2D eigenvalue weighted by Gasteiger charge is -2.13. The molecule has 0 saturated heterocycles. The lowest BCUT2D eigenvalue weighted by molar-refractivity contribution is 1.30. The number of nitrogens with one attached hydrogen (secondary N) is 1. The largest absolute Gasteiger partial charge is 0.368 e. The van der Waals surface area contributed by atoms with Gasteiger partial charge in [-0.1, -0.05) is 67.7 Å². The molecule has 0 aliphatic rings. The van der Waals surface area contributed by atoms with Crippen molar-refractivity contribution in [2.75, 3.05) is 0 Å². The molecule has 6 rings (SSSR count). The average Bonchev–Trinajstić information content (AvgIpc) is 3.29. The summed E-state index contributed by atoms with van der Waals surface area (Å²) in [6.07, 6.45) is 1.94. The molecule has 0 atom stereocenters. The van der Waals surface area contributed by atoms with Crippen molar-refractivity contribution in [1.82, 2.24) is 14.2 Å². The quantitative estimate of drug-likeness (QED) is 0.332. The molecule has 0 saturated carbocycles. The number of aromatic nitrogens is 3. The first-order chi connectivity index (χ1) is 14.2. The molecular formula is C25H20N3Si. The Kier molecular flexibility index (Phi) is 3.46. The SMILES string of the molecule is C[Si](C)n1c2ccccc2c2cccc(-c3nccc4c3[nH]c3ccccc34)c21. The molecule has 3 aromatic carbocycles. The van der Waals surface area contributed by atoms with Gasteiger partial charge < -0.3 is 9.22 Å². The highest BCUT2D eigenvalue weighted by Gasteiger charge is 2.19. The first-order valence-corrected chi connectivity index (χ1v) is 12.4. The standard InChI is InChI=1S/C25H20N3Si/c1-29(2)28-22-13-6-4-9-17(22)19-10-7-11-20(25(19)28)23-24-18(14-15-26-23)16-8-3-5-12-21(16)27-24/h3-15,27H,1-2H3. The van der Waals surface area contributed by atoms with Crippen LogP contribution in [-0.2, 0) is 0 Å². The summed E-state index contributed by atoms with van der Waals surface area (Å²) in [4.78, 5) is 8.49. The van der Waals surface area contributed by atoms with E-state index < -0.39 is 8.96 Å². The molecule has 1 radical (unpaired) electrons. The van der Waals surface area contributed by atoms with Gasteiger partial charge in [0, 0.05) is 44.3 Å². The Labute approximate surface area is 170 Å². The van der Waals surface area contributed by atoms with Crippen LogP contribution in [0.1, 0.15) is 0 Å². The van der Waals surface area contributed by atoms with Crippen molar-refractivity contribution in [1.29, 1.82) is 0 Å². The molecule has 0 bridgehead atoms. The van der Waals surface area contributed by atoms with Gasteiger partial charge in [-0.25, -0.2) is 0 Å². The Morgan fingerprint density at radius 3 is 2.38 bits per heavy atom. The first kappa shape index (κ1) is 16.6. The summed E-state index contributed by atoms with van der Waals surface area (Å²) in [5, 5.41) is 5.09. The van der Waals surface area contributed by atoms with Gasteiger partial charge in [-0.2, -0.15) is 0 Å². The van der Waals surface area contributed by atoms with E-state index in [1.807, 2.05) is 6.20 Å². The van der Waals surface area contributed by atoms with Crippen molar-refractivity contribution in [3.05, 3.63) is 79.0 Å². The van der Waals surface area contributed by atoms with E-state index in [9.17, 15) is 0 Å². The van der Waals surface area contributed by atoms with E-state index in [4.69, 9.17) is 4.98 Å². The maximum absolute atomic E-state index is 4.86. The summed E-state index contributed by atoms with van der Waals surface area (Å²) in [6, 6.07) is 26.0. The number of fused-ring (bicyclic) bond motifs is 6. The van der Waals surface area contributed by atoms with Gasteiger partial charge in [-0.05, 0) is 18.2 Å². The highest BCUT2D eigenvalue weighted by atomic mass is 28.3. The fourth-order valence-corrected chi connectivity index (χ4v) is 6.02. The summed E-state index contributed by atoms with van der Waals surface area (Å²) < 4.78 is 2.55. The van der Waals surface area contributed by atoms with Gasteiger partial charge in [0.1, 0.15) is 0 Å². The molecule has 0 aliphatic carbocycles. The van der Waals surface area contributed by atoms with Crippen LogP contribution < -0.4 is 0 Å². The minimum absolute atomic E-state index is 0.747. The molecule has 0 spiro atoms. The summed E-state index contributed by atoms with van der Waals surface area (Å²) in [5.41, 5.74) is 7.10. The third-order valence-corrected chi connectivity index (χ3v) is 7.18. The average molecular weight is 391 g/mol. The summed E-state index contributed by atoms with van der Waals surface area (Å²) in [5.74, 6) is 0. The number of aromatic amines is 1. The van der Waals surface area contributed by atoms with Crippen LogP contribution in [0.3, 0.4) is 0 Å². The third-order valence-electron chi connectivity index (χ3n) is 5.82.